The maximum Gasteiger partial charge on any atom is 0.358 e. The third kappa shape index (κ3) is 8.60. The molecule has 0 aromatic carbocycles. The molecule has 2 aromatic rings. The second kappa shape index (κ2) is 11.8. The molecule has 2 N–H and O–H groups in total. The van der Waals surface area contributed by atoms with Crippen molar-refractivity contribution < 1.29 is 14.3 Å². The Morgan fingerprint density at radius 1 is 1.26 bits per heavy atom. The lowest BCUT2D eigenvalue weighted by Gasteiger charge is -2.18. The molecule has 0 aliphatic carbocycles. The van der Waals surface area contributed by atoms with Crippen LogP contribution in [0.2, 0.25) is 0 Å². The number of nitrogens with two attached hydrogens (primary N) is 1. The lowest BCUT2D eigenvalue weighted by atomic mass is 10.1. The van der Waals surface area contributed by atoms with Crippen molar-refractivity contribution in [2.45, 2.75) is 53.1 Å². The average Bonchev–Trinajstić information content (AvgIpc) is 3.13. The standard InChI is InChI=1S/C18H25N3O3S.C2H6/c1-18(2,3)24-17(22)15-12-25-16(21-15)13-6-8-20-14(11-13)5-4-9-23-10-7-19;1-2/h6,8,11-12H,4-5,7,9-10,19H2,1-3H3;1-2H3. The first-order valence-corrected chi connectivity index (χ1v) is 10.2. The van der Waals surface area contributed by atoms with Crippen molar-refractivity contribution in [1.82, 2.24) is 9.97 Å². The summed E-state index contributed by atoms with van der Waals surface area (Å²) in [5.41, 5.74) is 7.12. The summed E-state index contributed by atoms with van der Waals surface area (Å²) in [6.07, 6.45) is 3.47. The molecule has 27 heavy (non-hydrogen) atoms. The summed E-state index contributed by atoms with van der Waals surface area (Å²) in [5.74, 6) is -0.402. The molecule has 0 amide bonds. The highest BCUT2D eigenvalue weighted by Crippen LogP contribution is 2.25. The molecule has 0 atom stereocenters. The van der Waals surface area contributed by atoms with Crippen molar-refractivity contribution in [2.75, 3.05) is 19.8 Å². The van der Waals surface area contributed by atoms with Crippen LogP contribution in [-0.2, 0) is 15.9 Å². The van der Waals surface area contributed by atoms with Crippen LogP contribution in [0.5, 0.6) is 0 Å². The summed E-state index contributed by atoms with van der Waals surface area (Å²) in [6.45, 7) is 11.3. The van der Waals surface area contributed by atoms with Crippen LogP contribution < -0.4 is 5.73 Å². The van der Waals surface area contributed by atoms with Gasteiger partial charge in [-0.1, -0.05) is 13.8 Å². The summed E-state index contributed by atoms with van der Waals surface area (Å²) < 4.78 is 10.7. The number of aryl methyl sites for hydroxylation is 1. The van der Waals surface area contributed by atoms with E-state index in [4.69, 9.17) is 15.2 Å². The van der Waals surface area contributed by atoms with E-state index in [1.165, 1.54) is 11.3 Å². The van der Waals surface area contributed by atoms with Gasteiger partial charge in [-0.05, 0) is 45.7 Å². The molecule has 150 valence electrons. The molecule has 7 heteroatoms. The Hall–Kier alpha value is -1.83. The van der Waals surface area contributed by atoms with E-state index in [0.29, 0.717) is 25.5 Å². The molecule has 6 nitrogen and oxygen atoms in total. The molecule has 0 fully saturated rings. The zero-order valence-corrected chi connectivity index (χ0v) is 17.8. The van der Waals surface area contributed by atoms with Gasteiger partial charge in [0.15, 0.2) is 5.69 Å². The highest BCUT2D eigenvalue weighted by atomic mass is 32.1. The molecule has 0 saturated heterocycles. The Morgan fingerprint density at radius 3 is 2.67 bits per heavy atom. The molecule has 0 aliphatic rings. The first kappa shape index (κ1) is 23.2. The SMILES string of the molecule is CC.CC(C)(C)OC(=O)c1csc(-c2ccnc(CCCOCCN)c2)n1. The Morgan fingerprint density at radius 2 is 2.00 bits per heavy atom. The lowest BCUT2D eigenvalue weighted by molar-refractivity contribution is 0.00638. The topological polar surface area (TPSA) is 87.3 Å². The predicted molar refractivity (Wildman–Crippen MR) is 110 cm³/mol. The van der Waals surface area contributed by atoms with E-state index in [0.717, 1.165) is 29.1 Å². The summed E-state index contributed by atoms with van der Waals surface area (Å²) in [7, 11) is 0. The number of rotatable bonds is 8. The van der Waals surface area contributed by atoms with Gasteiger partial charge in [-0.3, -0.25) is 4.98 Å². The molecular weight excluding hydrogens is 362 g/mol. The normalized spacial score (nSPS) is 10.9. The van der Waals surface area contributed by atoms with Crippen LogP contribution in [0, 0.1) is 0 Å². The molecule has 0 radical (unpaired) electrons. The average molecular weight is 394 g/mol. The molecule has 0 saturated carbocycles. The molecule has 0 spiro atoms. The minimum Gasteiger partial charge on any atom is -0.455 e. The zero-order chi connectivity index (χ0) is 20.3. The Bertz CT molecular complexity index is 696. The number of pyridine rings is 1. The van der Waals surface area contributed by atoms with Crippen LogP contribution in [-0.4, -0.2) is 41.3 Å². The highest BCUT2D eigenvalue weighted by molar-refractivity contribution is 7.13. The maximum atomic E-state index is 12.1. The van der Waals surface area contributed by atoms with Crippen molar-refractivity contribution in [2.24, 2.45) is 5.73 Å². The van der Waals surface area contributed by atoms with Gasteiger partial charge < -0.3 is 15.2 Å². The van der Waals surface area contributed by atoms with Crippen LogP contribution in [0.1, 0.15) is 57.2 Å². The summed E-state index contributed by atoms with van der Waals surface area (Å²) in [6, 6.07) is 3.90. The first-order chi connectivity index (χ1) is 12.9. The minimum absolute atomic E-state index is 0.337. The fraction of sp³-hybridized carbons (Fsp3) is 0.550. The van der Waals surface area contributed by atoms with Crippen molar-refractivity contribution in [3.63, 3.8) is 0 Å². The first-order valence-electron chi connectivity index (χ1n) is 9.31. The number of esters is 1. The number of ether oxygens (including phenoxy) is 2. The van der Waals surface area contributed by atoms with Crippen molar-refractivity contribution in [3.8, 4) is 10.6 Å². The van der Waals surface area contributed by atoms with E-state index in [9.17, 15) is 4.79 Å². The summed E-state index contributed by atoms with van der Waals surface area (Å²) in [5, 5.41) is 2.51. The van der Waals surface area contributed by atoms with Crippen LogP contribution in [0.4, 0.5) is 0 Å². The minimum atomic E-state index is -0.531. The number of hydrogen-bond acceptors (Lipinski definition) is 7. The van der Waals surface area contributed by atoms with Crippen molar-refractivity contribution in [3.05, 3.63) is 35.1 Å². The van der Waals surface area contributed by atoms with Gasteiger partial charge in [0.2, 0.25) is 0 Å². The van der Waals surface area contributed by atoms with E-state index < -0.39 is 11.6 Å². The molecular formula is C20H31N3O3S. The number of aromatic nitrogens is 2. The molecule has 2 rings (SSSR count). The lowest BCUT2D eigenvalue weighted by Crippen LogP contribution is -2.24. The number of nitrogens with zero attached hydrogens (tertiary/aromatic N) is 2. The number of carbonyl (C=O) groups is 1. The second-order valence-electron chi connectivity index (χ2n) is 6.58. The quantitative estimate of drug-likeness (QED) is 0.537. The van der Waals surface area contributed by atoms with Gasteiger partial charge in [0.05, 0.1) is 6.61 Å². The summed E-state index contributed by atoms with van der Waals surface area (Å²) in [4.78, 5) is 20.9. The number of thiazole rings is 1. The monoisotopic (exact) mass is 393 g/mol. The van der Waals surface area contributed by atoms with E-state index >= 15 is 0 Å². The van der Waals surface area contributed by atoms with Gasteiger partial charge in [0, 0.05) is 36.0 Å². The fourth-order valence-electron chi connectivity index (χ4n) is 2.12. The van der Waals surface area contributed by atoms with Gasteiger partial charge in [-0.25, -0.2) is 9.78 Å². The van der Waals surface area contributed by atoms with Gasteiger partial charge in [-0.15, -0.1) is 11.3 Å². The van der Waals surface area contributed by atoms with Crippen LogP contribution in [0.3, 0.4) is 0 Å². The highest BCUT2D eigenvalue weighted by Gasteiger charge is 2.20. The maximum absolute atomic E-state index is 12.1. The third-order valence-corrected chi connectivity index (χ3v) is 4.05. The van der Waals surface area contributed by atoms with Crippen molar-refractivity contribution in [1.29, 1.82) is 0 Å². The Kier molecular flexibility index (Phi) is 10.1. The van der Waals surface area contributed by atoms with E-state index in [1.54, 1.807) is 11.6 Å². The smallest absolute Gasteiger partial charge is 0.358 e. The van der Waals surface area contributed by atoms with Crippen LogP contribution >= 0.6 is 11.3 Å². The van der Waals surface area contributed by atoms with Crippen LogP contribution in [0.15, 0.2) is 23.7 Å². The molecule has 0 unspecified atom stereocenters. The van der Waals surface area contributed by atoms with E-state index in [-0.39, 0.29) is 0 Å². The van der Waals surface area contributed by atoms with Gasteiger partial charge in [-0.2, -0.15) is 0 Å². The van der Waals surface area contributed by atoms with E-state index in [2.05, 4.69) is 9.97 Å². The molecule has 2 heterocycles. The Balaban J connectivity index is 0.00000176. The third-order valence-electron chi connectivity index (χ3n) is 3.16. The zero-order valence-electron chi connectivity index (χ0n) is 16.9. The molecule has 0 aliphatic heterocycles. The fourth-order valence-corrected chi connectivity index (χ4v) is 2.91. The van der Waals surface area contributed by atoms with Gasteiger partial charge in [0.25, 0.3) is 0 Å². The van der Waals surface area contributed by atoms with E-state index in [1.807, 2.05) is 46.8 Å². The summed E-state index contributed by atoms with van der Waals surface area (Å²) >= 11 is 1.42. The molecule has 0 bridgehead atoms. The van der Waals surface area contributed by atoms with Crippen LogP contribution in [0.25, 0.3) is 10.6 Å². The largest absolute Gasteiger partial charge is 0.455 e. The van der Waals surface area contributed by atoms with Gasteiger partial charge in [0.1, 0.15) is 10.6 Å². The van der Waals surface area contributed by atoms with Gasteiger partial charge >= 0.3 is 5.97 Å². The van der Waals surface area contributed by atoms with Crippen molar-refractivity contribution >= 4 is 17.3 Å². The number of hydrogen-bond donors (Lipinski definition) is 1. The molecule has 2 aromatic heterocycles. The second-order valence-corrected chi connectivity index (χ2v) is 7.44. The number of carbonyl (C=O) groups excluding carboxylic acids is 1. The predicted octanol–water partition coefficient (Wildman–Crippen LogP) is 4.09. The Labute approximate surface area is 166 Å².